The van der Waals surface area contributed by atoms with Crippen molar-refractivity contribution in [1.29, 1.82) is 5.26 Å². The maximum Gasteiger partial charge on any atom is 0.274 e. The van der Waals surface area contributed by atoms with Crippen LogP contribution in [0.5, 0.6) is 0 Å². The van der Waals surface area contributed by atoms with Gasteiger partial charge in [-0.1, -0.05) is 32.9 Å². The second kappa shape index (κ2) is 10.2. The van der Waals surface area contributed by atoms with Crippen LogP contribution in [0.1, 0.15) is 79.6 Å². The van der Waals surface area contributed by atoms with Crippen LogP contribution < -0.4 is 16.0 Å². The molecule has 1 aromatic carbocycles. The van der Waals surface area contributed by atoms with Gasteiger partial charge >= 0.3 is 0 Å². The average Bonchev–Trinajstić information content (AvgIpc) is 3.44. The third kappa shape index (κ3) is 4.65. The van der Waals surface area contributed by atoms with E-state index in [9.17, 15) is 10.1 Å². The SMILES string of the molecule is CCCNCc1cc(C(=O)Nc2cccc(C3(c4nncn4C)CC(CC#N)C3)c2)nc2c1NCC2(C)C. The van der Waals surface area contributed by atoms with E-state index in [2.05, 4.69) is 59.1 Å². The summed E-state index contributed by atoms with van der Waals surface area (Å²) < 4.78 is 1.95. The molecular formula is C29H36N8O. The minimum atomic E-state index is -0.326. The van der Waals surface area contributed by atoms with Gasteiger partial charge in [0.15, 0.2) is 0 Å². The van der Waals surface area contributed by atoms with Crippen LogP contribution in [0, 0.1) is 17.2 Å². The molecule has 9 nitrogen and oxygen atoms in total. The molecule has 0 atom stereocenters. The first-order valence-electron chi connectivity index (χ1n) is 13.4. The van der Waals surface area contributed by atoms with E-state index in [1.165, 1.54) is 0 Å². The lowest BCUT2D eigenvalue weighted by Gasteiger charge is -2.46. The summed E-state index contributed by atoms with van der Waals surface area (Å²) in [6.07, 6.45) is 4.94. The maximum atomic E-state index is 13.5. The molecule has 38 heavy (non-hydrogen) atoms. The molecule has 1 amide bonds. The molecule has 1 fully saturated rings. The van der Waals surface area contributed by atoms with Gasteiger partial charge in [-0.2, -0.15) is 5.26 Å². The fourth-order valence-corrected chi connectivity index (χ4v) is 5.89. The topological polar surface area (TPSA) is 121 Å². The summed E-state index contributed by atoms with van der Waals surface area (Å²) in [7, 11) is 1.95. The Kier molecular flexibility index (Phi) is 6.93. The van der Waals surface area contributed by atoms with Crippen molar-refractivity contribution in [3.8, 4) is 6.07 Å². The minimum Gasteiger partial charge on any atom is -0.382 e. The number of carbonyl (C=O) groups excluding carboxylic acids is 1. The van der Waals surface area contributed by atoms with Crippen LogP contribution in [0.15, 0.2) is 36.7 Å². The maximum absolute atomic E-state index is 13.5. The van der Waals surface area contributed by atoms with Gasteiger partial charge in [0.2, 0.25) is 0 Å². The molecule has 1 aliphatic heterocycles. The lowest BCUT2D eigenvalue weighted by Crippen LogP contribution is -2.44. The van der Waals surface area contributed by atoms with Gasteiger partial charge in [-0.15, -0.1) is 10.2 Å². The largest absolute Gasteiger partial charge is 0.382 e. The fraction of sp³-hybridized carbons (Fsp3) is 0.483. The summed E-state index contributed by atoms with van der Waals surface area (Å²) >= 11 is 0. The molecule has 5 rings (SSSR count). The summed E-state index contributed by atoms with van der Waals surface area (Å²) in [4.78, 5) is 18.3. The fourth-order valence-electron chi connectivity index (χ4n) is 5.89. The highest BCUT2D eigenvalue weighted by Crippen LogP contribution is 2.53. The number of anilines is 2. The molecule has 9 heteroatoms. The highest BCUT2D eigenvalue weighted by molar-refractivity contribution is 6.03. The van der Waals surface area contributed by atoms with E-state index < -0.39 is 0 Å². The van der Waals surface area contributed by atoms with Gasteiger partial charge in [0, 0.05) is 37.7 Å². The van der Waals surface area contributed by atoms with Gasteiger partial charge < -0.3 is 20.5 Å². The lowest BCUT2D eigenvalue weighted by molar-refractivity contribution is 0.102. The zero-order chi connectivity index (χ0) is 26.9. The summed E-state index contributed by atoms with van der Waals surface area (Å²) in [6.45, 7) is 8.83. The van der Waals surface area contributed by atoms with E-state index in [-0.39, 0.29) is 16.7 Å². The average molecular weight is 513 g/mol. The Hall–Kier alpha value is -3.77. The number of nitrogens with zero attached hydrogens (tertiary/aromatic N) is 5. The van der Waals surface area contributed by atoms with Crippen molar-refractivity contribution in [3.05, 3.63) is 65.0 Å². The van der Waals surface area contributed by atoms with Crippen molar-refractivity contribution in [1.82, 2.24) is 25.1 Å². The van der Waals surface area contributed by atoms with E-state index >= 15 is 0 Å². The number of nitrogens with one attached hydrogen (secondary N) is 3. The Bertz CT molecular complexity index is 1380. The van der Waals surface area contributed by atoms with E-state index in [0.717, 1.165) is 60.7 Å². The summed E-state index contributed by atoms with van der Waals surface area (Å²) in [5.41, 5.74) is 4.75. The van der Waals surface area contributed by atoms with Gasteiger partial charge in [0.1, 0.15) is 17.8 Å². The molecule has 0 radical (unpaired) electrons. The van der Waals surface area contributed by atoms with Crippen molar-refractivity contribution < 1.29 is 4.79 Å². The van der Waals surface area contributed by atoms with E-state index in [1.54, 1.807) is 6.33 Å². The molecule has 1 aliphatic carbocycles. The summed E-state index contributed by atoms with van der Waals surface area (Å²) in [5, 5.41) is 27.8. The van der Waals surface area contributed by atoms with E-state index in [0.29, 0.717) is 30.3 Å². The van der Waals surface area contributed by atoms with Crippen LogP contribution in [-0.2, 0) is 24.4 Å². The Balaban J connectivity index is 1.43. The van der Waals surface area contributed by atoms with Crippen LogP contribution in [0.4, 0.5) is 11.4 Å². The first-order chi connectivity index (χ1) is 18.3. The number of benzene rings is 1. The number of rotatable bonds is 9. The summed E-state index contributed by atoms with van der Waals surface area (Å²) in [5.74, 6) is 0.977. The van der Waals surface area contributed by atoms with Gasteiger partial charge in [-0.05, 0) is 61.1 Å². The monoisotopic (exact) mass is 512 g/mol. The number of nitriles is 1. The number of amides is 1. The second-order valence-electron chi connectivity index (χ2n) is 11.3. The van der Waals surface area contributed by atoms with E-state index in [4.69, 9.17) is 4.98 Å². The zero-order valence-electron chi connectivity index (χ0n) is 22.6. The Morgan fingerprint density at radius 3 is 2.82 bits per heavy atom. The predicted octanol–water partition coefficient (Wildman–Crippen LogP) is 4.27. The highest BCUT2D eigenvalue weighted by Gasteiger charge is 2.49. The standard InChI is InChI=1S/C29H36N8O/c1-5-11-31-16-20-12-23(35-25-24(20)32-17-28(25,2)3)26(38)34-22-8-6-7-21(13-22)29(14-19(15-29)9-10-30)27-36-33-18-37(27)4/h6-8,12-13,18-19,31-32H,5,9,11,14-17H2,1-4H3,(H,34,38). The van der Waals surface area contributed by atoms with Crippen LogP contribution in [0.25, 0.3) is 0 Å². The van der Waals surface area contributed by atoms with Crippen LogP contribution in [-0.4, -0.2) is 38.7 Å². The lowest BCUT2D eigenvalue weighted by atomic mass is 9.57. The molecule has 3 aromatic rings. The quantitative estimate of drug-likeness (QED) is 0.366. The summed E-state index contributed by atoms with van der Waals surface area (Å²) in [6, 6.07) is 12.2. The van der Waals surface area contributed by atoms with Gasteiger partial charge in [-0.25, -0.2) is 4.98 Å². The molecule has 0 bridgehead atoms. The Morgan fingerprint density at radius 2 is 2.11 bits per heavy atom. The molecule has 0 spiro atoms. The predicted molar refractivity (Wildman–Crippen MR) is 147 cm³/mol. The number of hydrogen-bond donors (Lipinski definition) is 3. The second-order valence-corrected chi connectivity index (χ2v) is 11.3. The number of hydrogen-bond acceptors (Lipinski definition) is 7. The Morgan fingerprint density at radius 1 is 1.29 bits per heavy atom. The number of pyridine rings is 1. The van der Waals surface area contributed by atoms with Crippen molar-refractivity contribution >= 4 is 17.3 Å². The molecule has 198 valence electrons. The number of carbonyl (C=O) groups is 1. The van der Waals surface area contributed by atoms with Gasteiger partial charge in [0.25, 0.3) is 5.91 Å². The number of aromatic nitrogens is 4. The van der Waals surface area contributed by atoms with Crippen molar-refractivity contribution in [2.24, 2.45) is 13.0 Å². The third-order valence-electron chi connectivity index (χ3n) is 7.89. The molecular weight excluding hydrogens is 476 g/mol. The molecule has 1 saturated carbocycles. The molecule has 2 aromatic heterocycles. The van der Waals surface area contributed by atoms with Gasteiger partial charge in [-0.3, -0.25) is 4.79 Å². The molecule has 3 N–H and O–H groups in total. The van der Waals surface area contributed by atoms with Crippen LogP contribution in [0.2, 0.25) is 0 Å². The first-order valence-corrected chi connectivity index (χ1v) is 13.4. The first kappa shape index (κ1) is 25.9. The van der Waals surface area contributed by atoms with Crippen molar-refractivity contribution in [2.75, 3.05) is 23.7 Å². The minimum absolute atomic E-state index is 0.155. The van der Waals surface area contributed by atoms with Crippen LogP contribution in [0.3, 0.4) is 0 Å². The molecule has 3 heterocycles. The Labute approximate surface area is 224 Å². The van der Waals surface area contributed by atoms with E-state index in [1.807, 2.05) is 35.9 Å². The van der Waals surface area contributed by atoms with Crippen molar-refractivity contribution in [2.45, 2.75) is 63.8 Å². The highest BCUT2D eigenvalue weighted by atomic mass is 16.1. The number of aryl methyl sites for hydroxylation is 1. The molecule has 0 saturated heterocycles. The molecule has 0 unspecified atom stereocenters. The van der Waals surface area contributed by atoms with Crippen LogP contribution >= 0.6 is 0 Å². The zero-order valence-corrected chi connectivity index (χ0v) is 22.6. The van der Waals surface area contributed by atoms with Gasteiger partial charge in [0.05, 0.1) is 22.9 Å². The number of fused-ring (bicyclic) bond motifs is 1. The molecule has 2 aliphatic rings. The third-order valence-corrected chi connectivity index (χ3v) is 7.89. The van der Waals surface area contributed by atoms with Crippen molar-refractivity contribution in [3.63, 3.8) is 0 Å². The normalized spacial score (nSPS) is 21.2. The smallest absolute Gasteiger partial charge is 0.274 e.